The van der Waals surface area contributed by atoms with Crippen LogP contribution in [0.1, 0.15) is 41.7 Å². The summed E-state index contributed by atoms with van der Waals surface area (Å²) in [6.45, 7) is 12.7. The SMILES string of the molecule is CCN(CC)CCOC(=O)[C@](O)(c1ccccc1)c1cc(C)cc(C)c1C. The minimum absolute atomic E-state index is 0.250. The fourth-order valence-electron chi connectivity index (χ4n) is 3.39. The Labute approximate surface area is 162 Å². The highest BCUT2D eigenvalue weighted by atomic mass is 16.5. The van der Waals surface area contributed by atoms with Gasteiger partial charge in [-0.1, -0.05) is 61.9 Å². The van der Waals surface area contributed by atoms with Crippen LogP contribution < -0.4 is 0 Å². The van der Waals surface area contributed by atoms with Crippen LogP contribution in [0, 0.1) is 20.8 Å². The van der Waals surface area contributed by atoms with Gasteiger partial charge >= 0.3 is 5.97 Å². The summed E-state index contributed by atoms with van der Waals surface area (Å²) in [6.07, 6.45) is 0. The van der Waals surface area contributed by atoms with Crippen molar-refractivity contribution in [3.8, 4) is 0 Å². The molecule has 2 aromatic rings. The summed E-state index contributed by atoms with van der Waals surface area (Å²) < 4.78 is 5.55. The predicted molar refractivity (Wildman–Crippen MR) is 109 cm³/mol. The molecular weight excluding hydrogens is 338 g/mol. The lowest BCUT2D eigenvalue weighted by Gasteiger charge is -2.30. The van der Waals surface area contributed by atoms with Crippen LogP contribution in [0.25, 0.3) is 0 Å². The first-order valence-electron chi connectivity index (χ1n) is 9.60. The monoisotopic (exact) mass is 369 g/mol. The van der Waals surface area contributed by atoms with Gasteiger partial charge in [0.25, 0.3) is 0 Å². The van der Waals surface area contributed by atoms with Crippen molar-refractivity contribution in [2.24, 2.45) is 0 Å². The van der Waals surface area contributed by atoms with E-state index in [2.05, 4.69) is 24.8 Å². The van der Waals surface area contributed by atoms with Crippen LogP contribution in [0.2, 0.25) is 0 Å². The number of esters is 1. The molecular formula is C23H31NO3. The second-order valence-corrected chi connectivity index (χ2v) is 6.99. The standard InChI is InChI=1S/C23H31NO3/c1-6-24(7-2)13-14-27-22(25)23(26,20-11-9-8-10-12-20)21-16-17(3)15-18(4)19(21)5/h8-12,15-16,26H,6-7,13-14H2,1-5H3/t23-/m0/s1. The molecule has 0 spiro atoms. The van der Waals surface area contributed by atoms with Crippen LogP contribution in [0.3, 0.4) is 0 Å². The summed E-state index contributed by atoms with van der Waals surface area (Å²) in [5, 5.41) is 11.6. The normalized spacial score (nSPS) is 13.4. The number of aliphatic hydroxyl groups is 1. The Kier molecular flexibility index (Phi) is 7.17. The number of carbonyl (C=O) groups excluding carboxylic acids is 1. The van der Waals surface area contributed by atoms with Crippen LogP contribution in [-0.4, -0.2) is 42.2 Å². The van der Waals surface area contributed by atoms with Gasteiger partial charge in [-0.05, 0) is 50.6 Å². The van der Waals surface area contributed by atoms with Crippen LogP contribution >= 0.6 is 0 Å². The lowest BCUT2D eigenvalue weighted by atomic mass is 9.82. The second-order valence-electron chi connectivity index (χ2n) is 6.99. The number of rotatable bonds is 8. The highest BCUT2D eigenvalue weighted by molar-refractivity contribution is 5.86. The van der Waals surface area contributed by atoms with Crippen molar-refractivity contribution in [3.63, 3.8) is 0 Å². The number of nitrogens with zero attached hydrogens (tertiary/aromatic N) is 1. The second kappa shape index (κ2) is 9.16. The van der Waals surface area contributed by atoms with Crippen molar-refractivity contribution in [1.29, 1.82) is 0 Å². The third-order valence-corrected chi connectivity index (χ3v) is 5.22. The number of ether oxygens (including phenoxy) is 1. The Hall–Kier alpha value is -2.17. The quantitative estimate of drug-likeness (QED) is 0.720. The van der Waals surface area contributed by atoms with Gasteiger partial charge in [0.15, 0.2) is 0 Å². The Balaban J connectivity index is 2.42. The molecule has 0 bridgehead atoms. The maximum absolute atomic E-state index is 13.1. The molecule has 4 heteroatoms. The molecule has 4 nitrogen and oxygen atoms in total. The van der Waals surface area contributed by atoms with E-state index in [-0.39, 0.29) is 6.61 Å². The maximum atomic E-state index is 13.1. The zero-order valence-corrected chi connectivity index (χ0v) is 17.1. The van der Waals surface area contributed by atoms with Crippen molar-refractivity contribution in [1.82, 2.24) is 4.90 Å². The number of likely N-dealkylation sites (N-methyl/N-ethyl adjacent to an activating group) is 1. The van der Waals surface area contributed by atoms with E-state index in [1.165, 1.54) is 0 Å². The fraction of sp³-hybridized carbons (Fsp3) is 0.435. The third-order valence-electron chi connectivity index (χ3n) is 5.22. The average Bonchev–Trinajstić information content (AvgIpc) is 2.68. The molecule has 0 amide bonds. The zero-order chi connectivity index (χ0) is 20.0. The minimum Gasteiger partial charge on any atom is -0.462 e. The lowest BCUT2D eigenvalue weighted by molar-refractivity contribution is -0.162. The first-order valence-corrected chi connectivity index (χ1v) is 9.60. The van der Waals surface area contributed by atoms with E-state index in [1.807, 2.05) is 45.0 Å². The summed E-state index contributed by atoms with van der Waals surface area (Å²) in [5.74, 6) is -0.631. The van der Waals surface area contributed by atoms with Gasteiger partial charge in [-0.3, -0.25) is 0 Å². The number of benzene rings is 2. The predicted octanol–water partition coefficient (Wildman–Crippen LogP) is 3.73. The molecule has 1 atom stereocenters. The van der Waals surface area contributed by atoms with Gasteiger partial charge in [-0.25, -0.2) is 4.79 Å². The number of hydrogen-bond donors (Lipinski definition) is 1. The molecule has 0 heterocycles. The minimum atomic E-state index is -1.83. The Morgan fingerprint density at radius 3 is 2.30 bits per heavy atom. The summed E-state index contributed by atoms with van der Waals surface area (Å²) in [7, 11) is 0. The molecule has 27 heavy (non-hydrogen) atoms. The van der Waals surface area contributed by atoms with Crippen LogP contribution in [0.15, 0.2) is 42.5 Å². The van der Waals surface area contributed by atoms with E-state index in [9.17, 15) is 9.90 Å². The summed E-state index contributed by atoms with van der Waals surface area (Å²) >= 11 is 0. The molecule has 2 aromatic carbocycles. The molecule has 0 aliphatic heterocycles. The first kappa shape index (κ1) is 21.1. The van der Waals surface area contributed by atoms with E-state index >= 15 is 0 Å². The maximum Gasteiger partial charge on any atom is 0.347 e. The van der Waals surface area contributed by atoms with Gasteiger partial charge in [0.1, 0.15) is 6.61 Å². The molecule has 1 N–H and O–H groups in total. The number of aryl methyl sites for hydroxylation is 2. The highest BCUT2D eigenvalue weighted by Crippen LogP contribution is 2.35. The van der Waals surface area contributed by atoms with Crippen LogP contribution in [-0.2, 0) is 15.1 Å². The topological polar surface area (TPSA) is 49.8 Å². The van der Waals surface area contributed by atoms with Gasteiger partial charge in [-0.15, -0.1) is 0 Å². The molecule has 0 saturated carbocycles. The molecule has 0 aliphatic rings. The van der Waals surface area contributed by atoms with Crippen molar-refractivity contribution in [2.75, 3.05) is 26.2 Å². The van der Waals surface area contributed by atoms with Gasteiger partial charge < -0.3 is 14.7 Å². The molecule has 0 fully saturated rings. The molecule has 0 aromatic heterocycles. The van der Waals surface area contributed by atoms with Crippen LogP contribution in [0.4, 0.5) is 0 Å². The average molecular weight is 370 g/mol. The van der Waals surface area contributed by atoms with E-state index in [0.717, 1.165) is 29.8 Å². The first-order chi connectivity index (χ1) is 12.8. The largest absolute Gasteiger partial charge is 0.462 e. The van der Waals surface area contributed by atoms with Crippen molar-refractivity contribution < 1.29 is 14.6 Å². The molecule has 0 saturated heterocycles. The summed E-state index contributed by atoms with van der Waals surface area (Å²) in [6, 6.07) is 13.0. The third kappa shape index (κ3) is 4.57. The van der Waals surface area contributed by atoms with E-state index in [0.29, 0.717) is 17.7 Å². The zero-order valence-electron chi connectivity index (χ0n) is 17.1. The number of carbonyl (C=O) groups is 1. The van der Waals surface area contributed by atoms with Crippen molar-refractivity contribution >= 4 is 5.97 Å². The Bertz CT molecular complexity index is 769. The Morgan fingerprint density at radius 2 is 1.70 bits per heavy atom. The molecule has 2 rings (SSSR count). The number of hydrogen-bond acceptors (Lipinski definition) is 4. The highest BCUT2D eigenvalue weighted by Gasteiger charge is 2.43. The van der Waals surface area contributed by atoms with E-state index in [1.54, 1.807) is 12.1 Å². The van der Waals surface area contributed by atoms with Gasteiger partial charge in [0, 0.05) is 12.1 Å². The molecule has 146 valence electrons. The van der Waals surface area contributed by atoms with Crippen LogP contribution in [0.5, 0.6) is 0 Å². The molecule has 0 aliphatic carbocycles. The smallest absolute Gasteiger partial charge is 0.347 e. The van der Waals surface area contributed by atoms with Crippen molar-refractivity contribution in [3.05, 3.63) is 70.3 Å². The van der Waals surface area contributed by atoms with Gasteiger partial charge in [0.05, 0.1) is 0 Å². The Morgan fingerprint density at radius 1 is 1.07 bits per heavy atom. The molecule has 0 radical (unpaired) electrons. The summed E-state index contributed by atoms with van der Waals surface area (Å²) in [5.41, 5.74) is 2.21. The molecule has 0 unspecified atom stereocenters. The fourth-order valence-corrected chi connectivity index (χ4v) is 3.39. The lowest BCUT2D eigenvalue weighted by Crippen LogP contribution is -2.40. The van der Waals surface area contributed by atoms with Gasteiger partial charge in [0.2, 0.25) is 5.60 Å². The van der Waals surface area contributed by atoms with Gasteiger partial charge in [-0.2, -0.15) is 0 Å². The van der Waals surface area contributed by atoms with E-state index < -0.39 is 11.6 Å². The van der Waals surface area contributed by atoms with Crippen molar-refractivity contribution in [2.45, 2.75) is 40.2 Å². The van der Waals surface area contributed by atoms with E-state index in [4.69, 9.17) is 4.74 Å². The summed E-state index contributed by atoms with van der Waals surface area (Å²) in [4.78, 5) is 15.3.